The summed E-state index contributed by atoms with van der Waals surface area (Å²) < 4.78 is 27.6. The summed E-state index contributed by atoms with van der Waals surface area (Å²) in [5, 5.41) is 2.04. The number of hydrogen-bond donors (Lipinski definition) is 1. The van der Waals surface area contributed by atoms with Crippen molar-refractivity contribution in [1.29, 1.82) is 0 Å². The topological polar surface area (TPSA) is 75.7 Å². The maximum absolute atomic E-state index is 11.7. The van der Waals surface area contributed by atoms with Crippen LogP contribution in [-0.4, -0.2) is 64.2 Å². The predicted molar refractivity (Wildman–Crippen MR) is 66.8 cm³/mol. The molecule has 6 nitrogen and oxygen atoms in total. The van der Waals surface area contributed by atoms with Crippen LogP contribution in [0.25, 0.3) is 0 Å². The normalized spacial score (nSPS) is 15.1. The van der Waals surface area contributed by atoms with Crippen molar-refractivity contribution in [2.75, 3.05) is 33.6 Å². The summed E-state index contributed by atoms with van der Waals surface area (Å²) in [6.07, 6.45) is 1.17. The Balaban J connectivity index is 4.39. The van der Waals surface area contributed by atoms with Crippen LogP contribution in [0.3, 0.4) is 0 Å². The summed E-state index contributed by atoms with van der Waals surface area (Å²) in [6, 6.07) is -0.683. The molecule has 0 saturated heterocycles. The van der Waals surface area contributed by atoms with Gasteiger partial charge in [0.2, 0.25) is 0 Å². The number of nitrogens with one attached hydrogen (secondary N) is 1. The SMILES string of the molecule is COCCNC(=O)N(C)[C@@H](C)[C@@H](C)S(C)(=O)=O. The fourth-order valence-electron chi connectivity index (χ4n) is 1.24. The molecule has 7 heteroatoms. The van der Waals surface area contributed by atoms with Gasteiger partial charge >= 0.3 is 6.03 Å². The Morgan fingerprint density at radius 2 is 1.94 bits per heavy atom. The van der Waals surface area contributed by atoms with Crippen LogP contribution in [0.4, 0.5) is 4.79 Å². The number of carbonyl (C=O) groups excluding carboxylic acids is 1. The highest BCUT2D eigenvalue weighted by Crippen LogP contribution is 2.09. The van der Waals surface area contributed by atoms with Gasteiger partial charge in [0.15, 0.2) is 9.84 Å². The summed E-state index contributed by atoms with van der Waals surface area (Å²) in [5.74, 6) is 0. The summed E-state index contributed by atoms with van der Waals surface area (Å²) in [6.45, 7) is 4.13. The van der Waals surface area contributed by atoms with Gasteiger partial charge in [-0.2, -0.15) is 0 Å². The molecule has 0 aliphatic carbocycles. The van der Waals surface area contributed by atoms with Gasteiger partial charge < -0.3 is 15.0 Å². The molecule has 2 amide bonds. The van der Waals surface area contributed by atoms with Crippen molar-refractivity contribution in [2.45, 2.75) is 25.1 Å². The van der Waals surface area contributed by atoms with Crippen LogP contribution in [-0.2, 0) is 14.6 Å². The van der Waals surface area contributed by atoms with Gasteiger partial charge in [0.25, 0.3) is 0 Å². The van der Waals surface area contributed by atoms with E-state index in [0.29, 0.717) is 13.2 Å². The quantitative estimate of drug-likeness (QED) is 0.692. The molecule has 0 aromatic carbocycles. The molecular weight excluding hydrogens is 244 g/mol. The third-order valence-corrected chi connectivity index (χ3v) is 4.61. The Morgan fingerprint density at radius 3 is 2.35 bits per heavy atom. The average Bonchev–Trinajstić information content (AvgIpc) is 2.25. The highest BCUT2D eigenvalue weighted by Gasteiger charge is 2.27. The standard InChI is InChI=1S/C10H22N2O4S/c1-8(9(2)17(5,14)15)12(3)10(13)11-6-7-16-4/h8-9H,6-7H2,1-5H3,(H,11,13)/t8-,9+/m0/s1. The van der Waals surface area contributed by atoms with E-state index in [4.69, 9.17) is 4.74 Å². The van der Waals surface area contributed by atoms with E-state index in [1.54, 1.807) is 28.0 Å². The number of nitrogens with zero attached hydrogens (tertiary/aromatic N) is 1. The molecule has 0 spiro atoms. The van der Waals surface area contributed by atoms with E-state index in [1.807, 2.05) is 0 Å². The zero-order chi connectivity index (χ0) is 13.6. The number of ether oxygens (including phenoxy) is 1. The van der Waals surface area contributed by atoms with Gasteiger partial charge in [-0.3, -0.25) is 0 Å². The number of methoxy groups -OCH3 is 1. The first-order valence-corrected chi connectivity index (χ1v) is 7.35. The minimum Gasteiger partial charge on any atom is -0.383 e. The molecule has 0 aromatic heterocycles. The molecule has 102 valence electrons. The van der Waals surface area contributed by atoms with E-state index >= 15 is 0 Å². The Morgan fingerprint density at radius 1 is 1.41 bits per heavy atom. The van der Waals surface area contributed by atoms with E-state index in [1.165, 1.54) is 11.2 Å². The largest absolute Gasteiger partial charge is 0.383 e. The van der Waals surface area contributed by atoms with Crippen LogP contribution in [0.2, 0.25) is 0 Å². The maximum atomic E-state index is 11.7. The lowest BCUT2D eigenvalue weighted by atomic mass is 10.2. The second-order valence-electron chi connectivity index (χ2n) is 4.11. The number of sulfone groups is 1. The third-order valence-electron chi connectivity index (χ3n) is 2.87. The fraction of sp³-hybridized carbons (Fsp3) is 0.900. The molecule has 2 atom stereocenters. The van der Waals surface area contributed by atoms with Gasteiger partial charge in [0, 0.05) is 33.0 Å². The summed E-state index contributed by atoms with van der Waals surface area (Å²) in [7, 11) is -0.0284. The summed E-state index contributed by atoms with van der Waals surface area (Å²) >= 11 is 0. The van der Waals surface area contributed by atoms with Gasteiger partial charge in [-0.05, 0) is 13.8 Å². The zero-order valence-corrected chi connectivity index (χ0v) is 11.9. The van der Waals surface area contributed by atoms with Gasteiger partial charge in [0.05, 0.1) is 11.9 Å². The Labute approximate surface area is 103 Å². The highest BCUT2D eigenvalue weighted by molar-refractivity contribution is 7.91. The molecule has 0 aliphatic heterocycles. The number of hydrogen-bond acceptors (Lipinski definition) is 4. The molecule has 0 radical (unpaired) electrons. The zero-order valence-electron chi connectivity index (χ0n) is 11.1. The van der Waals surface area contributed by atoms with Crippen molar-refractivity contribution in [1.82, 2.24) is 10.2 Å². The van der Waals surface area contributed by atoms with Crippen molar-refractivity contribution in [3.63, 3.8) is 0 Å². The lowest BCUT2D eigenvalue weighted by Gasteiger charge is -2.29. The van der Waals surface area contributed by atoms with Crippen LogP contribution >= 0.6 is 0 Å². The third kappa shape index (κ3) is 5.36. The fourth-order valence-corrected chi connectivity index (χ4v) is 2.14. The van der Waals surface area contributed by atoms with Crippen LogP contribution in [0, 0.1) is 0 Å². The van der Waals surface area contributed by atoms with E-state index in [9.17, 15) is 13.2 Å². The second kappa shape index (κ2) is 6.80. The molecule has 0 heterocycles. The molecule has 0 unspecified atom stereocenters. The molecule has 0 rings (SSSR count). The minimum atomic E-state index is -3.15. The Hall–Kier alpha value is -0.820. The first-order chi connectivity index (χ1) is 7.71. The molecule has 0 aromatic rings. The molecule has 0 bridgehead atoms. The van der Waals surface area contributed by atoms with Gasteiger partial charge in [-0.1, -0.05) is 0 Å². The van der Waals surface area contributed by atoms with Crippen LogP contribution in [0.15, 0.2) is 0 Å². The molecule has 1 N–H and O–H groups in total. The molecule has 0 fully saturated rings. The van der Waals surface area contributed by atoms with Crippen molar-refractivity contribution >= 4 is 15.9 Å². The van der Waals surface area contributed by atoms with E-state index < -0.39 is 15.1 Å². The number of carbonyl (C=O) groups is 1. The first kappa shape index (κ1) is 16.2. The smallest absolute Gasteiger partial charge is 0.317 e. The molecule has 0 aliphatic rings. The molecular formula is C10H22N2O4S. The van der Waals surface area contributed by atoms with Crippen molar-refractivity contribution in [3.05, 3.63) is 0 Å². The van der Waals surface area contributed by atoms with Crippen LogP contribution in [0.1, 0.15) is 13.8 Å². The molecule has 0 saturated carbocycles. The number of urea groups is 1. The van der Waals surface area contributed by atoms with Gasteiger partial charge in [-0.15, -0.1) is 0 Å². The molecule has 17 heavy (non-hydrogen) atoms. The second-order valence-corrected chi connectivity index (χ2v) is 6.51. The first-order valence-electron chi connectivity index (χ1n) is 5.40. The van der Waals surface area contributed by atoms with E-state index in [2.05, 4.69) is 5.32 Å². The van der Waals surface area contributed by atoms with E-state index in [-0.39, 0.29) is 12.1 Å². The Kier molecular flexibility index (Phi) is 6.48. The van der Waals surface area contributed by atoms with Gasteiger partial charge in [0.1, 0.15) is 0 Å². The highest BCUT2D eigenvalue weighted by atomic mass is 32.2. The average molecular weight is 266 g/mol. The summed E-state index contributed by atoms with van der Waals surface area (Å²) in [5.41, 5.74) is 0. The van der Waals surface area contributed by atoms with Crippen LogP contribution in [0.5, 0.6) is 0 Å². The lowest BCUT2D eigenvalue weighted by Crippen LogP contribution is -2.49. The summed E-state index contributed by atoms with van der Waals surface area (Å²) in [4.78, 5) is 13.0. The van der Waals surface area contributed by atoms with Crippen LogP contribution < -0.4 is 5.32 Å². The van der Waals surface area contributed by atoms with E-state index in [0.717, 1.165) is 0 Å². The predicted octanol–water partition coefficient (Wildman–Crippen LogP) is 0.0958. The Bertz CT molecular complexity index is 342. The minimum absolute atomic E-state index is 0.301. The lowest BCUT2D eigenvalue weighted by molar-refractivity contribution is 0.177. The number of rotatable bonds is 6. The van der Waals surface area contributed by atoms with Gasteiger partial charge in [-0.25, -0.2) is 13.2 Å². The maximum Gasteiger partial charge on any atom is 0.317 e. The van der Waals surface area contributed by atoms with Crippen molar-refractivity contribution in [3.8, 4) is 0 Å². The monoisotopic (exact) mass is 266 g/mol. The number of amides is 2. The van der Waals surface area contributed by atoms with Crippen molar-refractivity contribution < 1.29 is 17.9 Å². The van der Waals surface area contributed by atoms with Crippen molar-refractivity contribution in [2.24, 2.45) is 0 Å².